The molecule has 1 heteroatoms. The molecule has 1 nitrogen and oxygen atoms in total. The number of aryl methyl sites for hydroxylation is 3. The maximum Gasteiger partial charge on any atom is 0.0438 e. The molecule has 1 aliphatic carbocycles. The van der Waals surface area contributed by atoms with Crippen molar-refractivity contribution in [2.24, 2.45) is 0 Å². The zero-order valence-corrected chi connectivity index (χ0v) is 8.34. The summed E-state index contributed by atoms with van der Waals surface area (Å²) in [6.07, 6.45) is 7.55. The summed E-state index contributed by atoms with van der Waals surface area (Å²) in [5.74, 6) is 0. The summed E-state index contributed by atoms with van der Waals surface area (Å²) in [5.41, 5.74) is 4.12. The van der Waals surface area contributed by atoms with E-state index in [4.69, 9.17) is 4.98 Å². The molecule has 70 valence electrons. The Bertz CT molecular complexity index is 291. The third-order valence-corrected chi connectivity index (χ3v) is 2.85. The van der Waals surface area contributed by atoms with Crippen LogP contribution in [0.2, 0.25) is 0 Å². The van der Waals surface area contributed by atoms with Crippen molar-refractivity contribution in [3.8, 4) is 0 Å². The predicted molar refractivity (Wildman–Crippen MR) is 54.9 cm³/mol. The molecule has 0 aromatic carbocycles. The first-order valence-corrected chi connectivity index (χ1v) is 5.38. The number of rotatable bonds is 1. The average Bonchev–Trinajstić information content (AvgIpc) is 2.41. The van der Waals surface area contributed by atoms with Crippen LogP contribution in [-0.4, -0.2) is 4.98 Å². The fourth-order valence-corrected chi connectivity index (χ4v) is 2.00. The highest BCUT2D eigenvalue weighted by Crippen LogP contribution is 2.19. The van der Waals surface area contributed by atoms with E-state index in [1.807, 2.05) is 0 Å². The van der Waals surface area contributed by atoms with Gasteiger partial charge in [0.05, 0.1) is 0 Å². The molecule has 0 bridgehead atoms. The van der Waals surface area contributed by atoms with Crippen molar-refractivity contribution in [1.29, 1.82) is 0 Å². The summed E-state index contributed by atoms with van der Waals surface area (Å²) in [4.78, 5) is 4.69. The summed E-state index contributed by atoms with van der Waals surface area (Å²) >= 11 is 0. The minimum absolute atomic E-state index is 1.06. The Morgan fingerprint density at radius 3 is 2.85 bits per heavy atom. The number of nitrogens with zero attached hydrogens (tertiary/aromatic N) is 1. The average molecular weight is 175 g/mol. The Hall–Kier alpha value is -0.850. The summed E-state index contributed by atoms with van der Waals surface area (Å²) in [6, 6.07) is 4.47. The molecule has 0 unspecified atom stereocenters. The largest absolute Gasteiger partial charge is 0.258 e. The van der Waals surface area contributed by atoms with Crippen molar-refractivity contribution in [2.45, 2.75) is 45.4 Å². The van der Waals surface area contributed by atoms with Gasteiger partial charge in [0.1, 0.15) is 0 Å². The summed E-state index contributed by atoms with van der Waals surface area (Å²) < 4.78 is 0. The lowest BCUT2D eigenvalue weighted by Crippen LogP contribution is -1.98. The molecule has 0 radical (unpaired) electrons. The van der Waals surface area contributed by atoms with E-state index in [-0.39, 0.29) is 0 Å². The zero-order valence-electron chi connectivity index (χ0n) is 8.34. The second-order valence-electron chi connectivity index (χ2n) is 3.82. The molecule has 0 N–H and O–H groups in total. The van der Waals surface area contributed by atoms with E-state index in [2.05, 4.69) is 19.1 Å². The van der Waals surface area contributed by atoms with E-state index in [1.54, 1.807) is 0 Å². The van der Waals surface area contributed by atoms with Gasteiger partial charge in [-0.25, -0.2) is 0 Å². The highest BCUT2D eigenvalue weighted by Gasteiger charge is 2.08. The molecule has 2 rings (SSSR count). The predicted octanol–water partition coefficient (Wildman–Crippen LogP) is 2.91. The van der Waals surface area contributed by atoms with E-state index >= 15 is 0 Å². The number of hydrogen-bond donors (Lipinski definition) is 0. The second kappa shape index (κ2) is 3.91. The minimum Gasteiger partial charge on any atom is -0.258 e. The van der Waals surface area contributed by atoms with Crippen LogP contribution in [-0.2, 0) is 19.3 Å². The Kier molecular flexibility index (Phi) is 2.62. The van der Waals surface area contributed by atoms with Crippen LogP contribution in [0.3, 0.4) is 0 Å². The molecule has 0 saturated heterocycles. The summed E-state index contributed by atoms with van der Waals surface area (Å²) in [5, 5.41) is 0. The van der Waals surface area contributed by atoms with Crippen molar-refractivity contribution in [3.63, 3.8) is 0 Å². The standard InChI is InChI=1S/C12H17N/c1-2-11-9-8-10-6-4-3-5-7-12(10)13-11/h8-9H,2-7H2,1H3. The van der Waals surface area contributed by atoms with Crippen LogP contribution in [0.5, 0.6) is 0 Å². The lowest BCUT2D eigenvalue weighted by Gasteiger charge is -2.05. The first-order valence-electron chi connectivity index (χ1n) is 5.38. The van der Waals surface area contributed by atoms with Crippen molar-refractivity contribution in [2.75, 3.05) is 0 Å². The molecule has 0 spiro atoms. The van der Waals surface area contributed by atoms with Crippen LogP contribution in [0.4, 0.5) is 0 Å². The van der Waals surface area contributed by atoms with Gasteiger partial charge in [-0.05, 0) is 43.7 Å². The maximum atomic E-state index is 4.69. The van der Waals surface area contributed by atoms with Gasteiger partial charge in [-0.2, -0.15) is 0 Å². The Balaban J connectivity index is 2.32. The SMILES string of the molecule is CCc1ccc2c(n1)CCCCC2. The van der Waals surface area contributed by atoms with E-state index < -0.39 is 0 Å². The van der Waals surface area contributed by atoms with Crippen LogP contribution >= 0.6 is 0 Å². The maximum absolute atomic E-state index is 4.69. The van der Waals surface area contributed by atoms with Gasteiger partial charge in [-0.3, -0.25) is 4.98 Å². The van der Waals surface area contributed by atoms with Gasteiger partial charge in [0.25, 0.3) is 0 Å². The fourth-order valence-electron chi connectivity index (χ4n) is 2.00. The van der Waals surface area contributed by atoms with Gasteiger partial charge in [-0.15, -0.1) is 0 Å². The first-order chi connectivity index (χ1) is 6.40. The van der Waals surface area contributed by atoms with Gasteiger partial charge in [0.2, 0.25) is 0 Å². The van der Waals surface area contributed by atoms with E-state index in [1.165, 1.54) is 49.1 Å². The lowest BCUT2D eigenvalue weighted by molar-refractivity contribution is 0.708. The highest BCUT2D eigenvalue weighted by molar-refractivity contribution is 5.24. The molecular weight excluding hydrogens is 158 g/mol. The first kappa shape index (κ1) is 8.74. The second-order valence-corrected chi connectivity index (χ2v) is 3.82. The number of fused-ring (bicyclic) bond motifs is 1. The van der Waals surface area contributed by atoms with Gasteiger partial charge < -0.3 is 0 Å². The van der Waals surface area contributed by atoms with E-state index in [0.717, 1.165) is 6.42 Å². The number of aromatic nitrogens is 1. The van der Waals surface area contributed by atoms with Crippen molar-refractivity contribution in [3.05, 3.63) is 29.1 Å². The number of pyridine rings is 1. The van der Waals surface area contributed by atoms with Crippen LogP contribution in [0.25, 0.3) is 0 Å². The zero-order chi connectivity index (χ0) is 9.10. The third-order valence-electron chi connectivity index (χ3n) is 2.85. The molecular formula is C12H17N. The summed E-state index contributed by atoms with van der Waals surface area (Å²) in [7, 11) is 0. The smallest absolute Gasteiger partial charge is 0.0438 e. The number of hydrogen-bond acceptors (Lipinski definition) is 1. The lowest BCUT2D eigenvalue weighted by atomic mass is 10.1. The molecule has 1 aromatic heterocycles. The van der Waals surface area contributed by atoms with Crippen molar-refractivity contribution in [1.82, 2.24) is 4.98 Å². The fraction of sp³-hybridized carbons (Fsp3) is 0.583. The topological polar surface area (TPSA) is 12.9 Å². The Labute approximate surface area is 80.2 Å². The Morgan fingerprint density at radius 2 is 2.00 bits per heavy atom. The van der Waals surface area contributed by atoms with Crippen LogP contribution in [0.1, 0.15) is 43.1 Å². The molecule has 1 aromatic rings. The van der Waals surface area contributed by atoms with Crippen LogP contribution in [0, 0.1) is 0 Å². The van der Waals surface area contributed by atoms with E-state index in [0.29, 0.717) is 0 Å². The normalized spacial score (nSPS) is 16.4. The molecule has 1 aliphatic rings. The van der Waals surface area contributed by atoms with Gasteiger partial charge in [-0.1, -0.05) is 19.4 Å². The monoisotopic (exact) mass is 175 g/mol. The highest BCUT2D eigenvalue weighted by atomic mass is 14.7. The van der Waals surface area contributed by atoms with E-state index in [9.17, 15) is 0 Å². The van der Waals surface area contributed by atoms with Gasteiger partial charge in [0, 0.05) is 11.4 Å². The molecule has 0 fully saturated rings. The van der Waals surface area contributed by atoms with Gasteiger partial charge >= 0.3 is 0 Å². The molecule has 0 amide bonds. The quantitative estimate of drug-likeness (QED) is 0.598. The van der Waals surface area contributed by atoms with Gasteiger partial charge in [0.15, 0.2) is 0 Å². The summed E-state index contributed by atoms with van der Waals surface area (Å²) in [6.45, 7) is 2.17. The van der Waals surface area contributed by atoms with Crippen molar-refractivity contribution >= 4 is 0 Å². The molecule has 0 saturated carbocycles. The third kappa shape index (κ3) is 1.90. The van der Waals surface area contributed by atoms with Crippen LogP contribution < -0.4 is 0 Å². The molecule has 13 heavy (non-hydrogen) atoms. The Morgan fingerprint density at radius 1 is 1.15 bits per heavy atom. The van der Waals surface area contributed by atoms with Crippen LogP contribution in [0.15, 0.2) is 12.1 Å². The molecule has 1 heterocycles. The molecule has 0 aliphatic heterocycles. The minimum atomic E-state index is 1.06. The molecule has 0 atom stereocenters. The van der Waals surface area contributed by atoms with Crippen molar-refractivity contribution < 1.29 is 0 Å².